The average Bonchev–Trinajstić information content (AvgIpc) is 2.50. The lowest BCUT2D eigenvalue weighted by Gasteiger charge is -2.16. The summed E-state index contributed by atoms with van der Waals surface area (Å²) in [6, 6.07) is 19.1. The normalized spacial score (nSPS) is 15.0. The lowest BCUT2D eigenvalue weighted by Crippen LogP contribution is -2.04. The number of ketones is 1. The molecule has 0 fully saturated rings. The molecule has 20 heavy (non-hydrogen) atoms. The third kappa shape index (κ3) is 2.88. The molecule has 1 nitrogen and oxygen atoms in total. The zero-order valence-electron chi connectivity index (χ0n) is 11.5. The van der Waals surface area contributed by atoms with E-state index < -0.39 is 0 Å². The Morgan fingerprint density at radius 3 is 2.35 bits per heavy atom. The van der Waals surface area contributed by atoms with E-state index >= 15 is 0 Å². The van der Waals surface area contributed by atoms with Gasteiger partial charge in [-0.3, -0.25) is 4.79 Å². The Kier molecular flexibility index (Phi) is 3.78. The Hall–Kier alpha value is -2.15. The summed E-state index contributed by atoms with van der Waals surface area (Å²) in [6.07, 6.45) is 5.21. The summed E-state index contributed by atoms with van der Waals surface area (Å²) < 4.78 is 0. The summed E-state index contributed by atoms with van der Waals surface area (Å²) in [5.41, 5.74) is 5.31. The van der Waals surface area contributed by atoms with Crippen LogP contribution in [0.4, 0.5) is 0 Å². The van der Waals surface area contributed by atoms with E-state index in [-0.39, 0.29) is 0 Å². The van der Waals surface area contributed by atoms with Gasteiger partial charge in [0.15, 0.2) is 0 Å². The van der Waals surface area contributed by atoms with Gasteiger partial charge in [0.25, 0.3) is 0 Å². The van der Waals surface area contributed by atoms with Crippen LogP contribution in [0, 0.1) is 0 Å². The number of benzene rings is 2. The van der Waals surface area contributed by atoms with Crippen LogP contribution in [0.1, 0.15) is 36.0 Å². The highest BCUT2D eigenvalue weighted by Crippen LogP contribution is 2.28. The standard InChI is InChI=1S/C19H18O/c20-18-12-10-16(11-13-18)19-9-5-4-8-17(19)14-15-6-2-1-3-7-15/h1-10H,11-14H2. The van der Waals surface area contributed by atoms with Gasteiger partial charge in [0, 0.05) is 12.8 Å². The Morgan fingerprint density at radius 2 is 1.60 bits per heavy atom. The molecule has 1 aliphatic carbocycles. The number of Topliss-reactive ketones (excluding diaryl/α,β-unsaturated/α-hetero) is 1. The lowest BCUT2D eigenvalue weighted by molar-refractivity contribution is -0.118. The maximum atomic E-state index is 11.4. The van der Waals surface area contributed by atoms with E-state index in [0.29, 0.717) is 18.6 Å². The van der Waals surface area contributed by atoms with Crippen molar-refractivity contribution in [2.75, 3.05) is 0 Å². The molecule has 0 heterocycles. The highest BCUT2D eigenvalue weighted by Gasteiger charge is 2.14. The summed E-state index contributed by atoms with van der Waals surface area (Å²) in [6.45, 7) is 0. The molecule has 0 saturated heterocycles. The average molecular weight is 262 g/mol. The third-order valence-corrected chi connectivity index (χ3v) is 3.85. The molecule has 1 heteroatoms. The molecule has 0 aromatic heterocycles. The van der Waals surface area contributed by atoms with Crippen LogP contribution in [-0.4, -0.2) is 5.78 Å². The van der Waals surface area contributed by atoms with Crippen LogP contribution in [0.3, 0.4) is 0 Å². The SMILES string of the molecule is O=C1CC=C(c2ccccc2Cc2ccccc2)CC1. The van der Waals surface area contributed by atoms with E-state index in [1.807, 2.05) is 6.07 Å². The predicted octanol–water partition coefficient (Wildman–Crippen LogP) is 4.41. The topological polar surface area (TPSA) is 17.1 Å². The largest absolute Gasteiger partial charge is 0.299 e. The van der Waals surface area contributed by atoms with E-state index in [4.69, 9.17) is 0 Å². The van der Waals surface area contributed by atoms with E-state index in [1.54, 1.807) is 0 Å². The molecule has 2 aromatic carbocycles. The van der Waals surface area contributed by atoms with Crippen molar-refractivity contribution < 1.29 is 4.79 Å². The summed E-state index contributed by atoms with van der Waals surface area (Å²) in [5.74, 6) is 0.356. The van der Waals surface area contributed by atoms with Crippen molar-refractivity contribution in [1.82, 2.24) is 0 Å². The number of allylic oxidation sites excluding steroid dienone is 2. The molecule has 0 spiro atoms. The van der Waals surface area contributed by atoms with Crippen LogP contribution in [0.2, 0.25) is 0 Å². The zero-order valence-corrected chi connectivity index (χ0v) is 11.5. The molecule has 0 amide bonds. The maximum absolute atomic E-state index is 11.4. The minimum absolute atomic E-state index is 0.356. The van der Waals surface area contributed by atoms with Gasteiger partial charge in [0.1, 0.15) is 5.78 Å². The molecule has 2 aromatic rings. The van der Waals surface area contributed by atoms with Crippen LogP contribution in [-0.2, 0) is 11.2 Å². The van der Waals surface area contributed by atoms with Gasteiger partial charge in [-0.1, -0.05) is 60.7 Å². The molecular formula is C19H18O. The first kappa shape index (κ1) is 12.9. The van der Waals surface area contributed by atoms with Gasteiger partial charge in [-0.2, -0.15) is 0 Å². The first-order chi connectivity index (χ1) is 9.83. The Balaban J connectivity index is 1.91. The van der Waals surface area contributed by atoms with Crippen LogP contribution in [0.5, 0.6) is 0 Å². The van der Waals surface area contributed by atoms with Crippen LogP contribution in [0.15, 0.2) is 60.7 Å². The zero-order chi connectivity index (χ0) is 13.8. The van der Waals surface area contributed by atoms with Crippen molar-refractivity contribution in [3.8, 4) is 0 Å². The molecule has 0 saturated carbocycles. The Bertz CT molecular complexity index is 638. The van der Waals surface area contributed by atoms with Gasteiger partial charge >= 0.3 is 0 Å². The molecule has 0 aliphatic heterocycles. The summed E-state index contributed by atoms with van der Waals surface area (Å²) in [4.78, 5) is 11.4. The molecule has 0 unspecified atom stereocenters. The van der Waals surface area contributed by atoms with Crippen LogP contribution < -0.4 is 0 Å². The second-order valence-corrected chi connectivity index (χ2v) is 5.29. The van der Waals surface area contributed by atoms with Gasteiger partial charge in [0.2, 0.25) is 0 Å². The fraction of sp³-hybridized carbons (Fsp3) is 0.211. The molecule has 0 N–H and O–H groups in total. The second kappa shape index (κ2) is 5.87. The fourth-order valence-corrected chi connectivity index (χ4v) is 2.76. The van der Waals surface area contributed by atoms with Crippen molar-refractivity contribution in [1.29, 1.82) is 0 Å². The fourth-order valence-electron chi connectivity index (χ4n) is 2.76. The summed E-state index contributed by atoms with van der Waals surface area (Å²) in [5, 5.41) is 0. The summed E-state index contributed by atoms with van der Waals surface area (Å²) >= 11 is 0. The van der Waals surface area contributed by atoms with Gasteiger partial charge in [-0.15, -0.1) is 0 Å². The molecule has 0 atom stereocenters. The first-order valence-electron chi connectivity index (χ1n) is 7.16. The van der Waals surface area contributed by atoms with Crippen molar-refractivity contribution >= 4 is 11.4 Å². The second-order valence-electron chi connectivity index (χ2n) is 5.29. The number of hydrogen-bond acceptors (Lipinski definition) is 1. The van der Waals surface area contributed by atoms with Gasteiger partial charge in [-0.05, 0) is 35.1 Å². The predicted molar refractivity (Wildman–Crippen MR) is 82.5 cm³/mol. The van der Waals surface area contributed by atoms with E-state index in [1.165, 1.54) is 22.3 Å². The monoisotopic (exact) mass is 262 g/mol. The highest BCUT2D eigenvalue weighted by atomic mass is 16.1. The van der Waals surface area contributed by atoms with Crippen molar-refractivity contribution in [2.45, 2.75) is 25.7 Å². The molecule has 0 radical (unpaired) electrons. The number of carbonyl (C=O) groups excluding carboxylic acids is 1. The van der Waals surface area contributed by atoms with Crippen LogP contribution >= 0.6 is 0 Å². The highest BCUT2D eigenvalue weighted by molar-refractivity contribution is 5.87. The smallest absolute Gasteiger partial charge is 0.137 e. The van der Waals surface area contributed by atoms with Crippen molar-refractivity contribution in [2.24, 2.45) is 0 Å². The van der Waals surface area contributed by atoms with E-state index in [9.17, 15) is 4.79 Å². The number of hydrogen-bond donors (Lipinski definition) is 0. The number of rotatable bonds is 3. The van der Waals surface area contributed by atoms with Gasteiger partial charge < -0.3 is 0 Å². The minimum Gasteiger partial charge on any atom is -0.299 e. The van der Waals surface area contributed by atoms with Crippen molar-refractivity contribution in [3.05, 3.63) is 77.4 Å². The number of carbonyl (C=O) groups is 1. The van der Waals surface area contributed by atoms with Gasteiger partial charge in [-0.25, -0.2) is 0 Å². The molecule has 1 aliphatic rings. The first-order valence-corrected chi connectivity index (χ1v) is 7.16. The third-order valence-electron chi connectivity index (χ3n) is 3.85. The van der Waals surface area contributed by atoms with Crippen LogP contribution in [0.25, 0.3) is 5.57 Å². The molecule has 3 rings (SSSR count). The molecular weight excluding hydrogens is 244 g/mol. The van der Waals surface area contributed by atoms with E-state index in [2.05, 4.69) is 54.6 Å². The minimum atomic E-state index is 0.356. The lowest BCUT2D eigenvalue weighted by atomic mass is 9.88. The Morgan fingerprint density at radius 1 is 0.850 bits per heavy atom. The summed E-state index contributed by atoms with van der Waals surface area (Å²) in [7, 11) is 0. The quantitative estimate of drug-likeness (QED) is 0.800. The molecule has 100 valence electrons. The molecule has 0 bridgehead atoms. The van der Waals surface area contributed by atoms with Crippen molar-refractivity contribution in [3.63, 3.8) is 0 Å². The Labute approximate surface area is 120 Å². The van der Waals surface area contributed by atoms with E-state index in [0.717, 1.165) is 12.8 Å². The van der Waals surface area contributed by atoms with Gasteiger partial charge in [0.05, 0.1) is 0 Å². The maximum Gasteiger partial charge on any atom is 0.137 e.